The lowest BCUT2D eigenvalue weighted by atomic mass is 10.2. The van der Waals surface area contributed by atoms with Crippen molar-refractivity contribution < 1.29 is 9.53 Å². The fourth-order valence-corrected chi connectivity index (χ4v) is 1.30. The fraction of sp³-hybridized carbons (Fsp3) is 0.300. The lowest BCUT2D eigenvalue weighted by molar-refractivity contribution is -0.143. The summed E-state index contributed by atoms with van der Waals surface area (Å²) in [5, 5.41) is -0.220. The molecule has 0 amide bonds. The highest BCUT2D eigenvalue weighted by Crippen LogP contribution is 2.16. The van der Waals surface area contributed by atoms with Gasteiger partial charge >= 0.3 is 5.97 Å². The van der Waals surface area contributed by atoms with Gasteiger partial charge in [0, 0.05) is 0 Å². The van der Waals surface area contributed by atoms with E-state index in [9.17, 15) is 4.79 Å². The third kappa shape index (κ3) is 3.64. The second-order valence-corrected chi connectivity index (χ2v) is 4.39. The molecule has 1 atom stereocenters. The van der Waals surface area contributed by atoms with Gasteiger partial charge in [0.1, 0.15) is 11.9 Å². The second kappa shape index (κ2) is 5.98. The second-order valence-electron chi connectivity index (χ2n) is 2.84. The Morgan fingerprint density at radius 2 is 2.14 bits per heavy atom. The minimum atomic E-state index is -0.228. The highest BCUT2D eigenvalue weighted by Gasteiger charge is 2.12. The molecular weight excluding hydrogens is 216 g/mol. The first-order valence-electron chi connectivity index (χ1n) is 4.25. The van der Waals surface area contributed by atoms with Gasteiger partial charge < -0.3 is 4.74 Å². The molecule has 14 heavy (non-hydrogen) atoms. The molecule has 76 valence electrons. The van der Waals surface area contributed by atoms with Gasteiger partial charge in [-0.3, -0.25) is 4.79 Å². The molecule has 0 saturated heterocycles. The Labute approximate surface area is 92.8 Å². The molecule has 0 heterocycles. The van der Waals surface area contributed by atoms with Gasteiger partial charge in [-0.15, -0.1) is 11.7 Å². The van der Waals surface area contributed by atoms with Crippen molar-refractivity contribution >= 4 is 28.4 Å². The van der Waals surface area contributed by atoms with Gasteiger partial charge in [-0.25, -0.2) is 0 Å². The van der Waals surface area contributed by atoms with E-state index in [1.54, 1.807) is 6.92 Å². The molecule has 4 heteroatoms. The number of carbonyl (C=O) groups is 1. The van der Waals surface area contributed by atoms with Crippen molar-refractivity contribution in [1.29, 1.82) is 0 Å². The number of carbonyl (C=O) groups excluding carboxylic acids is 1. The van der Waals surface area contributed by atoms with Gasteiger partial charge in [0.2, 0.25) is 0 Å². The normalized spacial score (nSPS) is 12.1. The van der Waals surface area contributed by atoms with Crippen LogP contribution in [0.1, 0.15) is 12.5 Å². The molecular formula is C10H12O2S2. The summed E-state index contributed by atoms with van der Waals surface area (Å²) in [6.45, 7) is 2.10. The molecule has 0 aliphatic heterocycles. The summed E-state index contributed by atoms with van der Waals surface area (Å²) in [6.07, 6.45) is 0. The van der Waals surface area contributed by atoms with Gasteiger partial charge in [0.25, 0.3) is 0 Å². The fourth-order valence-electron chi connectivity index (χ4n) is 0.889. The predicted octanol–water partition coefficient (Wildman–Crippen LogP) is 2.70. The Kier molecular flexibility index (Phi) is 4.90. The quantitative estimate of drug-likeness (QED) is 0.487. The third-order valence-electron chi connectivity index (χ3n) is 1.71. The van der Waals surface area contributed by atoms with E-state index in [-0.39, 0.29) is 11.2 Å². The molecule has 1 aromatic rings. The van der Waals surface area contributed by atoms with Crippen molar-refractivity contribution in [3.05, 3.63) is 35.9 Å². The topological polar surface area (TPSA) is 26.3 Å². The van der Waals surface area contributed by atoms with Crippen LogP contribution in [-0.4, -0.2) is 11.2 Å². The Morgan fingerprint density at radius 1 is 1.50 bits per heavy atom. The number of thiol groups is 1. The van der Waals surface area contributed by atoms with Gasteiger partial charge in [-0.2, -0.15) is 0 Å². The first-order valence-corrected chi connectivity index (χ1v) is 6.18. The summed E-state index contributed by atoms with van der Waals surface area (Å²) in [4.78, 5) is 11.3. The SMILES string of the molecule is CC(SS)C(=O)OCc1ccccc1. The first kappa shape index (κ1) is 11.5. The Morgan fingerprint density at radius 3 is 2.71 bits per heavy atom. The maximum Gasteiger partial charge on any atom is 0.319 e. The molecule has 0 bridgehead atoms. The number of rotatable bonds is 4. The van der Waals surface area contributed by atoms with Gasteiger partial charge in [0.15, 0.2) is 0 Å². The predicted molar refractivity (Wildman–Crippen MR) is 62.3 cm³/mol. The van der Waals surface area contributed by atoms with Crippen molar-refractivity contribution in [3.8, 4) is 0 Å². The van der Waals surface area contributed by atoms with Crippen LogP contribution in [0.2, 0.25) is 0 Å². The van der Waals surface area contributed by atoms with E-state index in [0.29, 0.717) is 6.61 Å². The van der Waals surface area contributed by atoms with E-state index in [1.807, 2.05) is 30.3 Å². The first-order chi connectivity index (χ1) is 6.74. The standard InChI is InChI=1S/C10H12O2S2/c1-8(14-13)10(11)12-7-9-5-3-2-4-6-9/h2-6,8,13H,7H2,1H3. The van der Waals surface area contributed by atoms with Crippen LogP contribution in [0.25, 0.3) is 0 Å². The van der Waals surface area contributed by atoms with E-state index in [1.165, 1.54) is 10.8 Å². The zero-order valence-corrected chi connectivity index (χ0v) is 9.55. The molecule has 0 aliphatic rings. The number of benzene rings is 1. The van der Waals surface area contributed by atoms with Crippen molar-refractivity contribution in [2.75, 3.05) is 0 Å². The van der Waals surface area contributed by atoms with Crippen LogP contribution in [0.3, 0.4) is 0 Å². The molecule has 0 aliphatic carbocycles. The van der Waals surface area contributed by atoms with Crippen LogP contribution in [0.15, 0.2) is 30.3 Å². The average Bonchev–Trinajstić information content (AvgIpc) is 2.26. The minimum Gasteiger partial charge on any atom is -0.460 e. The number of esters is 1. The molecule has 1 aromatic carbocycles. The minimum absolute atomic E-state index is 0.220. The summed E-state index contributed by atoms with van der Waals surface area (Å²) in [5.41, 5.74) is 0.997. The van der Waals surface area contributed by atoms with Crippen molar-refractivity contribution in [1.82, 2.24) is 0 Å². The number of hydrogen-bond donors (Lipinski definition) is 1. The van der Waals surface area contributed by atoms with E-state index in [2.05, 4.69) is 11.7 Å². The zero-order chi connectivity index (χ0) is 10.4. The van der Waals surface area contributed by atoms with Gasteiger partial charge in [-0.05, 0) is 12.5 Å². The molecule has 0 aromatic heterocycles. The smallest absolute Gasteiger partial charge is 0.319 e. The zero-order valence-electron chi connectivity index (χ0n) is 7.84. The van der Waals surface area contributed by atoms with Crippen LogP contribution in [0.4, 0.5) is 0 Å². The Bertz CT molecular complexity index is 287. The number of hydrogen-bond acceptors (Lipinski definition) is 4. The summed E-state index contributed by atoms with van der Waals surface area (Å²) < 4.78 is 5.07. The van der Waals surface area contributed by atoms with Crippen molar-refractivity contribution in [2.24, 2.45) is 0 Å². The molecule has 0 spiro atoms. The molecule has 2 nitrogen and oxygen atoms in total. The monoisotopic (exact) mass is 228 g/mol. The molecule has 0 saturated carbocycles. The summed E-state index contributed by atoms with van der Waals surface area (Å²) in [6, 6.07) is 9.61. The highest BCUT2D eigenvalue weighted by atomic mass is 33.1. The van der Waals surface area contributed by atoms with Gasteiger partial charge in [0.05, 0.1) is 0 Å². The molecule has 1 rings (SSSR count). The highest BCUT2D eigenvalue weighted by molar-refractivity contribution is 8.69. The van der Waals surface area contributed by atoms with Crippen LogP contribution < -0.4 is 0 Å². The Balaban J connectivity index is 2.38. The number of ether oxygens (including phenoxy) is 1. The maximum atomic E-state index is 11.3. The van der Waals surface area contributed by atoms with Crippen LogP contribution in [0, 0.1) is 0 Å². The van der Waals surface area contributed by atoms with Gasteiger partial charge in [-0.1, -0.05) is 41.1 Å². The molecule has 1 unspecified atom stereocenters. The van der Waals surface area contributed by atoms with Crippen LogP contribution in [0.5, 0.6) is 0 Å². The van der Waals surface area contributed by atoms with E-state index < -0.39 is 0 Å². The summed E-state index contributed by atoms with van der Waals surface area (Å²) in [5.74, 6) is -0.228. The molecule has 0 fully saturated rings. The summed E-state index contributed by atoms with van der Waals surface area (Å²) in [7, 11) is 1.19. The molecule has 0 radical (unpaired) electrons. The average molecular weight is 228 g/mol. The van der Waals surface area contributed by atoms with Crippen molar-refractivity contribution in [3.63, 3.8) is 0 Å². The lowest BCUT2D eigenvalue weighted by Gasteiger charge is -2.07. The van der Waals surface area contributed by atoms with E-state index >= 15 is 0 Å². The van der Waals surface area contributed by atoms with E-state index in [0.717, 1.165) is 5.56 Å². The molecule has 0 N–H and O–H groups in total. The van der Waals surface area contributed by atoms with Crippen LogP contribution >= 0.6 is 22.5 Å². The largest absolute Gasteiger partial charge is 0.460 e. The summed E-state index contributed by atoms with van der Waals surface area (Å²) >= 11 is 3.95. The third-order valence-corrected chi connectivity index (χ3v) is 3.17. The maximum absolute atomic E-state index is 11.3. The van der Waals surface area contributed by atoms with Crippen LogP contribution in [-0.2, 0) is 16.1 Å². The van der Waals surface area contributed by atoms with E-state index in [4.69, 9.17) is 4.74 Å². The lowest BCUT2D eigenvalue weighted by Crippen LogP contribution is -2.15. The van der Waals surface area contributed by atoms with Crippen molar-refractivity contribution in [2.45, 2.75) is 18.8 Å². The Hall–Kier alpha value is -0.610.